The lowest BCUT2D eigenvalue weighted by molar-refractivity contribution is 0.875. The SMILES string of the molecule is Cc1ccc(N(C)C)cc1.Cc1ccccn1.Cc1nc(C)c(C)c(C)c1C.Cc1nc(C)c(C)c(C)n1.Cc1nc(C)nc(C)n1.Cc1ncccn1.Cc1ncncn1. The molecule has 61 heavy (non-hydrogen) atoms. The van der Waals surface area contributed by atoms with E-state index in [4.69, 9.17) is 0 Å². The Kier molecular flexibility index (Phi) is 24.2. The van der Waals surface area contributed by atoms with E-state index in [9.17, 15) is 0 Å². The topological polar surface area (TPSA) is 158 Å². The molecule has 7 aromatic rings. The zero-order chi connectivity index (χ0) is 46.1. The molecule has 13 heteroatoms. The van der Waals surface area contributed by atoms with Gasteiger partial charge in [-0.25, -0.2) is 49.8 Å². The molecule has 0 amide bonds. The Bertz CT molecular complexity index is 2090. The monoisotopic (exact) mass is 826 g/mol. The summed E-state index contributed by atoms with van der Waals surface area (Å²) in [5.74, 6) is 4.82. The number of hydrogen-bond donors (Lipinski definition) is 0. The van der Waals surface area contributed by atoms with Crippen LogP contribution in [0, 0.1) is 111 Å². The molecule has 0 fully saturated rings. The van der Waals surface area contributed by atoms with Gasteiger partial charge in [-0.1, -0.05) is 23.8 Å². The van der Waals surface area contributed by atoms with Crippen molar-refractivity contribution in [2.75, 3.05) is 19.0 Å². The Morgan fingerprint density at radius 3 is 1.08 bits per heavy atom. The molecule has 0 atom stereocenters. The van der Waals surface area contributed by atoms with Gasteiger partial charge in [0.2, 0.25) is 0 Å². The molecule has 0 N–H and O–H groups in total. The summed E-state index contributed by atoms with van der Waals surface area (Å²) >= 11 is 0. The Balaban J connectivity index is 0.000000358. The fraction of sp³-hybridized carbons (Fsp3) is 0.375. The smallest absolute Gasteiger partial charge is 0.129 e. The average Bonchev–Trinajstić information content (AvgIpc) is 3.20. The van der Waals surface area contributed by atoms with E-state index in [2.05, 4.69) is 131 Å². The van der Waals surface area contributed by atoms with Gasteiger partial charge < -0.3 is 4.90 Å². The highest BCUT2D eigenvalue weighted by atomic mass is 15.1. The molecule has 7 rings (SSSR count). The van der Waals surface area contributed by atoms with Crippen molar-refractivity contribution in [2.24, 2.45) is 0 Å². The van der Waals surface area contributed by atoms with Crippen molar-refractivity contribution < 1.29 is 0 Å². The quantitative estimate of drug-likeness (QED) is 0.154. The number of rotatable bonds is 1. The Morgan fingerprint density at radius 1 is 0.344 bits per heavy atom. The van der Waals surface area contributed by atoms with Crippen LogP contribution in [0.4, 0.5) is 5.69 Å². The molecule has 324 valence electrons. The maximum Gasteiger partial charge on any atom is 0.129 e. The third-order valence-electron chi connectivity index (χ3n) is 8.94. The van der Waals surface area contributed by atoms with Gasteiger partial charge in [0.05, 0.1) is 0 Å². The summed E-state index contributed by atoms with van der Waals surface area (Å²) in [6.45, 7) is 31.9. The maximum atomic E-state index is 4.43. The third kappa shape index (κ3) is 22.5. The van der Waals surface area contributed by atoms with E-state index in [1.54, 1.807) is 24.7 Å². The van der Waals surface area contributed by atoms with Crippen LogP contribution in [0.1, 0.15) is 91.2 Å². The van der Waals surface area contributed by atoms with E-state index in [0.29, 0.717) is 0 Å². The van der Waals surface area contributed by atoms with Crippen LogP contribution in [0.25, 0.3) is 0 Å². The molecule has 0 unspecified atom stereocenters. The fourth-order valence-corrected chi connectivity index (χ4v) is 4.92. The van der Waals surface area contributed by atoms with Crippen LogP contribution in [-0.2, 0) is 0 Å². The minimum absolute atomic E-state index is 0.759. The Morgan fingerprint density at radius 2 is 0.754 bits per heavy atom. The van der Waals surface area contributed by atoms with Gasteiger partial charge >= 0.3 is 0 Å². The van der Waals surface area contributed by atoms with Crippen LogP contribution in [0.2, 0.25) is 0 Å². The van der Waals surface area contributed by atoms with E-state index in [1.165, 1.54) is 46.2 Å². The molecule has 0 saturated carbocycles. The molecule has 0 radical (unpaired) electrons. The van der Waals surface area contributed by atoms with E-state index in [-0.39, 0.29) is 0 Å². The van der Waals surface area contributed by atoms with Crippen molar-refractivity contribution in [1.82, 2.24) is 59.8 Å². The molecule has 0 saturated heterocycles. The highest BCUT2D eigenvalue weighted by Crippen LogP contribution is 2.17. The second kappa shape index (κ2) is 28.1. The van der Waals surface area contributed by atoms with E-state index in [1.807, 2.05) is 102 Å². The molecule has 1 aromatic carbocycles. The van der Waals surface area contributed by atoms with Crippen LogP contribution >= 0.6 is 0 Å². The van der Waals surface area contributed by atoms with Crippen LogP contribution in [0.3, 0.4) is 0 Å². The molecular weight excluding hydrogens is 759 g/mol. The summed E-state index contributed by atoms with van der Waals surface area (Å²) in [5.41, 5.74) is 13.4. The van der Waals surface area contributed by atoms with Crippen molar-refractivity contribution in [3.63, 3.8) is 0 Å². The minimum Gasteiger partial charge on any atom is -0.378 e. The lowest BCUT2D eigenvalue weighted by atomic mass is 10.0. The Labute approximate surface area is 365 Å². The second-order valence-electron chi connectivity index (χ2n) is 14.4. The van der Waals surface area contributed by atoms with E-state index >= 15 is 0 Å². The average molecular weight is 826 g/mol. The van der Waals surface area contributed by atoms with Gasteiger partial charge in [-0.3, -0.25) is 9.97 Å². The molecule has 13 nitrogen and oxygen atoms in total. The number of aromatic nitrogens is 12. The normalized spacial score (nSPS) is 9.48. The summed E-state index contributed by atoms with van der Waals surface area (Å²) in [5, 5.41) is 0. The zero-order valence-corrected chi connectivity index (χ0v) is 39.8. The first-order valence-corrected chi connectivity index (χ1v) is 20.0. The number of hydrogen-bond acceptors (Lipinski definition) is 13. The molecule has 0 bridgehead atoms. The molecule has 0 aliphatic heterocycles. The van der Waals surface area contributed by atoms with E-state index in [0.717, 1.165) is 63.4 Å². The molecular formula is C48H67N13. The molecule has 0 aliphatic rings. The highest BCUT2D eigenvalue weighted by Gasteiger charge is 2.04. The van der Waals surface area contributed by atoms with Gasteiger partial charge in [0, 0.05) is 66.8 Å². The third-order valence-corrected chi connectivity index (χ3v) is 8.94. The number of anilines is 1. The van der Waals surface area contributed by atoms with Gasteiger partial charge in [0.1, 0.15) is 47.6 Å². The van der Waals surface area contributed by atoms with Gasteiger partial charge in [-0.05, 0) is 163 Å². The minimum atomic E-state index is 0.759. The van der Waals surface area contributed by atoms with Crippen molar-refractivity contribution in [3.05, 3.63) is 171 Å². The van der Waals surface area contributed by atoms with Gasteiger partial charge in [0.25, 0.3) is 0 Å². The summed E-state index contributed by atoms with van der Waals surface area (Å²) in [7, 11) is 4.09. The van der Waals surface area contributed by atoms with Gasteiger partial charge in [-0.2, -0.15) is 0 Å². The fourth-order valence-electron chi connectivity index (χ4n) is 4.92. The van der Waals surface area contributed by atoms with Crippen molar-refractivity contribution in [1.29, 1.82) is 0 Å². The van der Waals surface area contributed by atoms with Gasteiger partial charge in [-0.15, -0.1) is 0 Å². The van der Waals surface area contributed by atoms with Crippen molar-refractivity contribution in [2.45, 2.75) is 111 Å². The highest BCUT2D eigenvalue weighted by molar-refractivity contribution is 5.45. The zero-order valence-electron chi connectivity index (χ0n) is 39.8. The second-order valence-corrected chi connectivity index (χ2v) is 14.4. The maximum absolute atomic E-state index is 4.43. The largest absolute Gasteiger partial charge is 0.378 e. The predicted molar refractivity (Wildman–Crippen MR) is 249 cm³/mol. The Hall–Kier alpha value is -6.50. The van der Waals surface area contributed by atoms with E-state index < -0.39 is 0 Å². The predicted octanol–water partition coefficient (Wildman–Crippen LogP) is 9.55. The lowest BCUT2D eigenvalue weighted by Gasteiger charge is -2.11. The first-order valence-electron chi connectivity index (χ1n) is 20.0. The first kappa shape index (κ1) is 52.5. The van der Waals surface area contributed by atoms with Crippen molar-refractivity contribution >= 4 is 5.69 Å². The number of pyridine rings is 2. The summed E-state index contributed by atoms with van der Waals surface area (Å²) in [6, 6.07) is 16.1. The molecule has 6 aromatic heterocycles. The summed E-state index contributed by atoms with van der Waals surface area (Å²) < 4.78 is 0. The summed E-state index contributed by atoms with van der Waals surface area (Å²) in [4.78, 5) is 49.9. The lowest BCUT2D eigenvalue weighted by Crippen LogP contribution is -2.07. The van der Waals surface area contributed by atoms with Crippen LogP contribution in [0.15, 0.2) is 79.8 Å². The van der Waals surface area contributed by atoms with Crippen LogP contribution in [0.5, 0.6) is 0 Å². The first-order chi connectivity index (χ1) is 28.7. The molecule has 6 heterocycles. The molecule has 0 spiro atoms. The van der Waals surface area contributed by atoms with Crippen molar-refractivity contribution in [3.8, 4) is 0 Å². The molecule has 0 aliphatic carbocycles. The summed E-state index contributed by atoms with van der Waals surface area (Å²) in [6.07, 6.45) is 8.19. The number of benzene rings is 1. The van der Waals surface area contributed by atoms with Crippen LogP contribution < -0.4 is 4.90 Å². The number of nitrogens with zero attached hydrogens (tertiary/aromatic N) is 13. The van der Waals surface area contributed by atoms with Crippen LogP contribution in [-0.4, -0.2) is 73.9 Å². The standard InChI is InChI=1S/C10H15N.C9H13N.C8H12N2.C6H9N3.C6H7N.C5H6N2.C4H5N3/c1-6-7(2)9(4)11-10(5)8(6)3;1-8-4-6-9(7-5-8)10(2)3;1-5-6(2)9-8(4)10-7(5)3;1-4-7-5(2)9-6(3)8-4;1-6-4-2-3-5-7-6;1-5-6-3-2-4-7-5;1-4-6-2-5-3-7-4/h1-5H3;4-7H,1-3H3;1-4H3;1-3H3;2-5H,1H3;2-4H,1H3;2-3H,1H3. The number of aryl methyl sites for hydroxylation is 12. The van der Waals surface area contributed by atoms with Gasteiger partial charge in [0.15, 0.2) is 0 Å².